The Bertz CT molecular complexity index is 595. The largest absolute Gasteiger partial charge is 0.299 e. The lowest BCUT2D eigenvalue weighted by molar-refractivity contribution is 0.0772. The van der Waals surface area contributed by atoms with Gasteiger partial charge in [0.2, 0.25) is 0 Å². The van der Waals surface area contributed by atoms with Gasteiger partial charge in [0.25, 0.3) is 0 Å². The molecule has 0 bridgehead atoms. The summed E-state index contributed by atoms with van der Waals surface area (Å²) in [6, 6.07) is 10.7. The number of likely N-dealkylation sites (N-methyl/N-ethyl adjacent to an activating group) is 1. The van der Waals surface area contributed by atoms with Crippen LogP contribution in [-0.2, 0) is 0 Å². The first-order valence-electron chi connectivity index (χ1n) is 9.10. The van der Waals surface area contributed by atoms with Gasteiger partial charge in [0.1, 0.15) is 0 Å². The third-order valence-electron chi connectivity index (χ3n) is 5.07. The molecule has 0 radical (unpaired) electrons. The fourth-order valence-electron chi connectivity index (χ4n) is 3.80. The molecule has 1 aliphatic heterocycles. The van der Waals surface area contributed by atoms with Crippen LogP contribution in [-0.4, -0.2) is 54.9 Å². The maximum absolute atomic E-state index is 5.17. The lowest BCUT2D eigenvalue weighted by Crippen LogP contribution is -2.59. The normalized spacial score (nSPS) is 28.5. The van der Waals surface area contributed by atoms with Crippen LogP contribution >= 0.6 is 0 Å². The summed E-state index contributed by atoms with van der Waals surface area (Å²) in [6.07, 6.45) is 16.1. The molecule has 24 heavy (non-hydrogen) atoms. The van der Waals surface area contributed by atoms with Crippen LogP contribution in [0.15, 0.2) is 59.6 Å². The van der Waals surface area contributed by atoms with Gasteiger partial charge in [-0.25, -0.2) is 0 Å². The second kappa shape index (κ2) is 7.91. The Morgan fingerprint density at radius 2 is 1.75 bits per heavy atom. The predicted octanol–water partition coefficient (Wildman–Crippen LogP) is 3.73. The minimum Gasteiger partial charge on any atom is -0.299 e. The van der Waals surface area contributed by atoms with Crippen LogP contribution < -0.4 is 0 Å². The fraction of sp³-hybridized carbons (Fsp3) is 0.476. The number of hydrogen-bond donors (Lipinski definition) is 0. The number of benzene rings is 1. The highest BCUT2D eigenvalue weighted by Gasteiger charge is 2.42. The van der Waals surface area contributed by atoms with Crippen molar-refractivity contribution in [1.82, 2.24) is 9.80 Å². The molecule has 3 nitrogen and oxygen atoms in total. The maximum atomic E-state index is 5.17. The first-order valence-corrected chi connectivity index (χ1v) is 9.10. The third kappa shape index (κ3) is 3.68. The van der Waals surface area contributed by atoms with E-state index in [1.54, 1.807) is 0 Å². The molecule has 0 spiro atoms. The van der Waals surface area contributed by atoms with Gasteiger partial charge in [-0.05, 0) is 38.6 Å². The quantitative estimate of drug-likeness (QED) is 0.786. The molecule has 3 rings (SSSR count). The average Bonchev–Trinajstić information content (AvgIpc) is 2.91. The monoisotopic (exact) mass is 323 g/mol. The molecule has 1 fully saturated rings. The second-order valence-electron chi connectivity index (χ2n) is 7.01. The third-order valence-corrected chi connectivity index (χ3v) is 5.07. The van der Waals surface area contributed by atoms with Crippen molar-refractivity contribution in [3.05, 3.63) is 60.2 Å². The molecule has 1 aliphatic carbocycles. The molecule has 0 saturated carbocycles. The van der Waals surface area contributed by atoms with Crippen LogP contribution in [0.4, 0.5) is 0 Å². The maximum Gasteiger partial charge on any atom is 0.151 e. The molecule has 2 aliphatic rings. The summed E-state index contributed by atoms with van der Waals surface area (Å²) in [5.74, 6) is 0. The van der Waals surface area contributed by atoms with Crippen molar-refractivity contribution in [1.29, 1.82) is 0 Å². The van der Waals surface area contributed by atoms with E-state index in [0.717, 1.165) is 18.7 Å². The number of rotatable bonds is 4. The Balaban J connectivity index is 1.97. The first-order chi connectivity index (χ1) is 11.7. The van der Waals surface area contributed by atoms with E-state index in [2.05, 4.69) is 72.5 Å². The zero-order valence-corrected chi connectivity index (χ0v) is 14.9. The SMILES string of the molecule is CN(C)C1C=CC=CC1(N=Cc1ccccc1)N1CCCCCC1. The summed E-state index contributed by atoms with van der Waals surface area (Å²) >= 11 is 0. The Hall–Kier alpha value is -1.71. The van der Waals surface area contributed by atoms with Crippen LogP contribution in [0.2, 0.25) is 0 Å². The summed E-state index contributed by atoms with van der Waals surface area (Å²) in [5.41, 5.74) is 0.852. The number of allylic oxidation sites excluding steroid dienone is 2. The van der Waals surface area contributed by atoms with Gasteiger partial charge in [0.05, 0.1) is 6.04 Å². The lowest BCUT2D eigenvalue weighted by atomic mass is 9.92. The molecular formula is C21H29N3. The highest BCUT2D eigenvalue weighted by molar-refractivity contribution is 5.80. The van der Waals surface area contributed by atoms with E-state index in [9.17, 15) is 0 Å². The molecule has 2 unspecified atom stereocenters. The van der Waals surface area contributed by atoms with E-state index in [-0.39, 0.29) is 11.7 Å². The predicted molar refractivity (Wildman–Crippen MR) is 103 cm³/mol. The lowest BCUT2D eigenvalue weighted by Gasteiger charge is -2.46. The number of hydrogen-bond acceptors (Lipinski definition) is 3. The van der Waals surface area contributed by atoms with Crippen molar-refractivity contribution in [2.75, 3.05) is 27.2 Å². The summed E-state index contributed by atoms with van der Waals surface area (Å²) in [7, 11) is 4.30. The highest BCUT2D eigenvalue weighted by Crippen LogP contribution is 2.32. The van der Waals surface area contributed by atoms with Gasteiger partial charge < -0.3 is 0 Å². The molecule has 0 amide bonds. The van der Waals surface area contributed by atoms with Crippen LogP contribution in [0, 0.1) is 0 Å². The van der Waals surface area contributed by atoms with Gasteiger partial charge in [0, 0.05) is 19.3 Å². The van der Waals surface area contributed by atoms with Crippen LogP contribution in [0.3, 0.4) is 0 Å². The van der Waals surface area contributed by atoms with E-state index >= 15 is 0 Å². The summed E-state index contributed by atoms with van der Waals surface area (Å²) in [4.78, 5) is 10.0. The second-order valence-corrected chi connectivity index (χ2v) is 7.01. The van der Waals surface area contributed by atoms with Crippen molar-refractivity contribution in [2.45, 2.75) is 37.4 Å². The number of likely N-dealkylation sites (tertiary alicyclic amines) is 1. The molecule has 1 saturated heterocycles. The van der Waals surface area contributed by atoms with Crippen molar-refractivity contribution < 1.29 is 0 Å². The molecule has 0 N–H and O–H groups in total. The Morgan fingerprint density at radius 1 is 1.04 bits per heavy atom. The van der Waals surface area contributed by atoms with E-state index in [4.69, 9.17) is 4.99 Å². The zero-order chi connectivity index (χ0) is 16.8. The van der Waals surface area contributed by atoms with Crippen molar-refractivity contribution >= 4 is 6.21 Å². The van der Waals surface area contributed by atoms with Gasteiger partial charge in [-0.15, -0.1) is 0 Å². The van der Waals surface area contributed by atoms with Crippen molar-refractivity contribution in [3.8, 4) is 0 Å². The van der Waals surface area contributed by atoms with E-state index < -0.39 is 0 Å². The van der Waals surface area contributed by atoms with Crippen molar-refractivity contribution in [3.63, 3.8) is 0 Å². The zero-order valence-electron chi connectivity index (χ0n) is 14.9. The minimum atomic E-state index is -0.307. The van der Waals surface area contributed by atoms with Gasteiger partial charge in [-0.2, -0.15) is 0 Å². The first kappa shape index (κ1) is 17.1. The summed E-state index contributed by atoms with van der Waals surface area (Å²) in [6.45, 7) is 2.24. The van der Waals surface area contributed by atoms with Gasteiger partial charge >= 0.3 is 0 Å². The van der Waals surface area contributed by atoms with Crippen LogP contribution in [0.25, 0.3) is 0 Å². The Morgan fingerprint density at radius 3 is 2.42 bits per heavy atom. The standard InChI is InChI=1S/C21H29N3/c1-23(2)20-14-8-9-15-21(20,24-16-10-3-4-11-17-24)22-18-19-12-6-5-7-13-19/h5-9,12-15,18,20H,3-4,10-11,16-17H2,1-2H3. The fourth-order valence-corrected chi connectivity index (χ4v) is 3.80. The summed E-state index contributed by atoms with van der Waals surface area (Å²) < 4.78 is 0. The summed E-state index contributed by atoms with van der Waals surface area (Å²) in [5, 5.41) is 0. The Kier molecular flexibility index (Phi) is 5.64. The van der Waals surface area contributed by atoms with E-state index in [0.29, 0.717) is 0 Å². The number of nitrogens with zero attached hydrogens (tertiary/aromatic N) is 3. The molecule has 1 aromatic rings. The smallest absolute Gasteiger partial charge is 0.151 e. The molecule has 2 atom stereocenters. The highest BCUT2D eigenvalue weighted by atomic mass is 15.3. The van der Waals surface area contributed by atoms with Gasteiger partial charge in [-0.1, -0.05) is 61.4 Å². The molecule has 1 heterocycles. The van der Waals surface area contributed by atoms with Crippen LogP contribution in [0.1, 0.15) is 31.2 Å². The molecule has 3 heteroatoms. The molecule has 0 aromatic heterocycles. The van der Waals surface area contributed by atoms with E-state index in [1.165, 1.54) is 25.7 Å². The molecule has 1 aromatic carbocycles. The van der Waals surface area contributed by atoms with Crippen molar-refractivity contribution in [2.24, 2.45) is 4.99 Å². The van der Waals surface area contributed by atoms with E-state index in [1.807, 2.05) is 12.3 Å². The minimum absolute atomic E-state index is 0.251. The van der Waals surface area contributed by atoms with Gasteiger partial charge in [0.15, 0.2) is 5.66 Å². The topological polar surface area (TPSA) is 18.8 Å². The molecule has 128 valence electrons. The number of aliphatic imine (C=N–C) groups is 1. The Labute approximate surface area is 146 Å². The van der Waals surface area contributed by atoms with Crippen LogP contribution in [0.5, 0.6) is 0 Å². The molecular weight excluding hydrogens is 294 g/mol. The average molecular weight is 323 g/mol. The van der Waals surface area contributed by atoms with Gasteiger partial charge in [-0.3, -0.25) is 14.8 Å².